The maximum Gasteiger partial charge on any atom is 0.308 e. The summed E-state index contributed by atoms with van der Waals surface area (Å²) in [4.78, 5) is 52.8. The second-order valence-corrected chi connectivity index (χ2v) is 8.20. The molecule has 10 nitrogen and oxygen atoms in total. The molecule has 0 fully saturated rings. The number of benzene rings is 1. The van der Waals surface area contributed by atoms with Gasteiger partial charge in [0.05, 0.1) is 23.1 Å². The number of hydrogen-bond acceptors (Lipinski definition) is 8. The van der Waals surface area contributed by atoms with Gasteiger partial charge >= 0.3 is 11.7 Å². The Kier molecular flexibility index (Phi) is 6.63. The Labute approximate surface area is 184 Å². The van der Waals surface area contributed by atoms with Crippen molar-refractivity contribution in [3.63, 3.8) is 0 Å². The number of rotatable bonds is 7. The summed E-state index contributed by atoms with van der Waals surface area (Å²) < 4.78 is 19.8. The molecule has 1 atom stereocenters. The molecule has 1 unspecified atom stereocenters. The van der Waals surface area contributed by atoms with Crippen LogP contribution in [-0.2, 0) is 20.9 Å². The minimum absolute atomic E-state index is 0.0154. The number of nitro benzene ring substituents is 1. The van der Waals surface area contributed by atoms with Crippen LogP contribution in [0.2, 0.25) is 0 Å². The van der Waals surface area contributed by atoms with E-state index in [9.17, 15) is 28.9 Å². The molecular weight excluding hydrogens is 443 g/mol. The summed E-state index contributed by atoms with van der Waals surface area (Å²) >= 11 is 1.42. The number of nitrogens with zero attached hydrogens (tertiary/aromatic N) is 3. The first kappa shape index (κ1) is 23.0. The van der Waals surface area contributed by atoms with Gasteiger partial charge in [0.25, 0.3) is 11.5 Å². The van der Waals surface area contributed by atoms with Gasteiger partial charge in [0.15, 0.2) is 6.10 Å². The van der Waals surface area contributed by atoms with Gasteiger partial charge < -0.3 is 10.1 Å². The molecule has 32 heavy (non-hydrogen) atoms. The standard InChI is InChI=1S/C20H19FN4O6S/c1-10-12(3)32-19-17(10)20(28)24(9-22-19)7-6-16(26)31-11(2)18(27)23-13-4-5-14(21)15(8-13)25(29)30/h4-5,8-9,11H,6-7H2,1-3H3,(H,23,27). The fraction of sp³-hybridized carbons (Fsp3) is 0.300. The number of halogens is 1. The number of anilines is 1. The summed E-state index contributed by atoms with van der Waals surface area (Å²) in [5.41, 5.74) is -0.211. The van der Waals surface area contributed by atoms with E-state index >= 15 is 0 Å². The molecule has 0 bridgehead atoms. The van der Waals surface area contributed by atoms with Crippen LogP contribution in [0, 0.1) is 29.8 Å². The summed E-state index contributed by atoms with van der Waals surface area (Å²) in [7, 11) is 0. The average Bonchev–Trinajstić information content (AvgIpc) is 3.03. The highest BCUT2D eigenvalue weighted by molar-refractivity contribution is 7.18. The van der Waals surface area contributed by atoms with E-state index in [1.54, 1.807) is 0 Å². The van der Waals surface area contributed by atoms with Crippen LogP contribution < -0.4 is 10.9 Å². The topological polar surface area (TPSA) is 133 Å². The van der Waals surface area contributed by atoms with Crippen molar-refractivity contribution >= 4 is 44.8 Å². The van der Waals surface area contributed by atoms with Gasteiger partial charge in [-0.15, -0.1) is 11.3 Å². The molecule has 0 aliphatic heterocycles. The van der Waals surface area contributed by atoms with E-state index in [0.29, 0.717) is 10.2 Å². The van der Waals surface area contributed by atoms with Crippen molar-refractivity contribution in [1.29, 1.82) is 0 Å². The van der Waals surface area contributed by atoms with E-state index < -0.39 is 34.4 Å². The predicted octanol–water partition coefficient (Wildman–Crippen LogP) is 3.08. The molecule has 0 saturated heterocycles. The van der Waals surface area contributed by atoms with Gasteiger partial charge in [-0.2, -0.15) is 4.39 Å². The predicted molar refractivity (Wildman–Crippen MR) is 115 cm³/mol. The van der Waals surface area contributed by atoms with Crippen molar-refractivity contribution in [2.24, 2.45) is 0 Å². The van der Waals surface area contributed by atoms with Crippen LogP contribution in [0.3, 0.4) is 0 Å². The smallest absolute Gasteiger partial charge is 0.308 e. The lowest BCUT2D eigenvalue weighted by Crippen LogP contribution is -2.30. The number of aryl methyl sites for hydroxylation is 3. The van der Waals surface area contributed by atoms with Crippen molar-refractivity contribution < 1.29 is 23.6 Å². The molecule has 3 rings (SSSR count). The number of thiophene rings is 1. The number of aromatic nitrogens is 2. The third-order valence-corrected chi connectivity index (χ3v) is 5.92. The van der Waals surface area contributed by atoms with Gasteiger partial charge in [0.1, 0.15) is 4.83 Å². The van der Waals surface area contributed by atoms with E-state index in [0.717, 1.165) is 28.6 Å². The Hall–Kier alpha value is -3.67. The largest absolute Gasteiger partial charge is 0.452 e. The Balaban J connectivity index is 1.60. The number of carbonyl (C=O) groups excluding carboxylic acids is 2. The van der Waals surface area contributed by atoms with Crippen LogP contribution in [0.5, 0.6) is 0 Å². The van der Waals surface area contributed by atoms with Crippen LogP contribution >= 0.6 is 11.3 Å². The van der Waals surface area contributed by atoms with Crippen LogP contribution in [0.15, 0.2) is 29.3 Å². The Morgan fingerprint density at radius 1 is 1.38 bits per heavy atom. The van der Waals surface area contributed by atoms with Crippen molar-refractivity contribution in [1.82, 2.24) is 9.55 Å². The fourth-order valence-corrected chi connectivity index (χ4v) is 3.91. The zero-order chi connectivity index (χ0) is 23.6. The van der Waals surface area contributed by atoms with E-state index in [-0.39, 0.29) is 24.2 Å². The molecule has 168 valence electrons. The molecule has 3 aromatic rings. The van der Waals surface area contributed by atoms with Gasteiger partial charge in [-0.3, -0.25) is 29.1 Å². The molecule has 2 aromatic heterocycles. The Morgan fingerprint density at radius 3 is 2.78 bits per heavy atom. The lowest BCUT2D eigenvalue weighted by Gasteiger charge is -2.14. The number of nitrogens with one attached hydrogen (secondary N) is 1. The third-order valence-electron chi connectivity index (χ3n) is 4.80. The third kappa shape index (κ3) is 4.80. The molecule has 1 aromatic carbocycles. The highest BCUT2D eigenvalue weighted by Gasteiger charge is 2.21. The lowest BCUT2D eigenvalue weighted by atomic mass is 10.2. The highest BCUT2D eigenvalue weighted by atomic mass is 32.1. The maximum atomic E-state index is 13.4. The molecule has 0 spiro atoms. The van der Waals surface area contributed by atoms with Gasteiger partial charge in [-0.05, 0) is 38.5 Å². The molecule has 1 amide bonds. The quantitative estimate of drug-likeness (QED) is 0.324. The number of carbonyl (C=O) groups is 2. The van der Waals surface area contributed by atoms with Crippen LogP contribution in [-0.4, -0.2) is 32.5 Å². The lowest BCUT2D eigenvalue weighted by molar-refractivity contribution is -0.387. The number of hydrogen-bond donors (Lipinski definition) is 1. The molecule has 0 aliphatic rings. The van der Waals surface area contributed by atoms with Crippen molar-refractivity contribution in [2.45, 2.75) is 39.8 Å². The van der Waals surface area contributed by atoms with E-state index in [1.807, 2.05) is 13.8 Å². The van der Waals surface area contributed by atoms with Crippen LogP contribution in [0.25, 0.3) is 10.2 Å². The molecule has 0 radical (unpaired) electrons. The second kappa shape index (κ2) is 9.22. The minimum Gasteiger partial charge on any atom is -0.452 e. The molecule has 1 N–H and O–H groups in total. The Morgan fingerprint density at radius 2 is 2.09 bits per heavy atom. The number of amides is 1. The molecule has 12 heteroatoms. The SMILES string of the molecule is Cc1sc2ncn(CCC(=O)OC(C)C(=O)Nc3ccc(F)c([N+](=O)[O-])c3)c(=O)c2c1C. The molecule has 0 saturated carbocycles. The summed E-state index contributed by atoms with van der Waals surface area (Å²) in [6.07, 6.45) is -0.0227. The van der Waals surface area contributed by atoms with Gasteiger partial charge in [-0.25, -0.2) is 4.98 Å². The number of esters is 1. The van der Waals surface area contributed by atoms with Crippen molar-refractivity contribution in [3.8, 4) is 0 Å². The molecule has 2 heterocycles. The van der Waals surface area contributed by atoms with Crippen LogP contribution in [0.4, 0.5) is 15.8 Å². The van der Waals surface area contributed by atoms with E-state index in [2.05, 4.69) is 10.3 Å². The normalized spacial score (nSPS) is 11.9. The summed E-state index contributed by atoms with van der Waals surface area (Å²) in [6.45, 7) is 5.08. The molecule has 0 aliphatic carbocycles. The minimum atomic E-state index is -1.22. The first-order valence-electron chi connectivity index (χ1n) is 9.48. The second-order valence-electron chi connectivity index (χ2n) is 7.00. The number of nitro groups is 1. The monoisotopic (exact) mass is 462 g/mol. The van der Waals surface area contributed by atoms with Gasteiger partial charge in [0, 0.05) is 23.2 Å². The summed E-state index contributed by atoms with van der Waals surface area (Å²) in [5, 5.41) is 13.6. The van der Waals surface area contributed by atoms with E-state index in [4.69, 9.17) is 4.74 Å². The van der Waals surface area contributed by atoms with Gasteiger partial charge in [0.2, 0.25) is 5.82 Å². The van der Waals surface area contributed by atoms with Gasteiger partial charge in [-0.1, -0.05) is 0 Å². The zero-order valence-corrected chi connectivity index (χ0v) is 18.2. The highest BCUT2D eigenvalue weighted by Crippen LogP contribution is 2.25. The van der Waals surface area contributed by atoms with Crippen molar-refractivity contribution in [2.75, 3.05) is 5.32 Å². The first-order valence-corrected chi connectivity index (χ1v) is 10.3. The van der Waals surface area contributed by atoms with Crippen LogP contribution in [0.1, 0.15) is 23.8 Å². The first-order chi connectivity index (χ1) is 15.1. The number of ether oxygens (including phenoxy) is 1. The Bertz CT molecular complexity index is 1290. The fourth-order valence-electron chi connectivity index (χ4n) is 2.92. The van der Waals surface area contributed by atoms with E-state index in [1.165, 1.54) is 29.2 Å². The summed E-state index contributed by atoms with van der Waals surface area (Å²) in [5.74, 6) is -2.50. The van der Waals surface area contributed by atoms with Crippen molar-refractivity contribution in [3.05, 3.63) is 61.3 Å². The summed E-state index contributed by atoms with van der Waals surface area (Å²) in [6, 6.07) is 2.87. The number of fused-ring (bicyclic) bond motifs is 1. The average molecular weight is 462 g/mol. The maximum absolute atomic E-state index is 13.4. The zero-order valence-electron chi connectivity index (χ0n) is 17.4. The molecular formula is C20H19FN4O6S.